The van der Waals surface area contributed by atoms with E-state index in [-0.39, 0.29) is 11.1 Å². The number of aryl methyl sites for hydroxylation is 2. The molecule has 0 fully saturated rings. The van der Waals surface area contributed by atoms with E-state index in [0.717, 1.165) is 16.7 Å². The highest BCUT2D eigenvalue weighted by Crippen LogP contribution is 2.29. The van der Waals surface area contributed by atoms with E-state index in [1.807, 2.05) is 61.5 Å². The molecule has 2 N–H and O–H groups in total. The third-order valence-electron chi connectivity index (χ3n) is 5.15. The summed E-state index contributed by atoms with van der Waals surface area (Å²) in [6.45, 7) is 3.78. The second-order valence-electron chi connectivity index (χ2n) is 7.24. The number of aliphatic imine (C=N–C) groups is 1. The van der Waals surface area contributed by atoms with Crippen molar-refractivity contribution in [2.45, 2.75) is 13.8 Å². The molecule has 4 aromatic rings. The predicted octanol–water partition coefficient (Wildman–Crippen LogP) is 4.90. The van der Waals surface area contributed by atoms with Gasteiger partial charge in [0.2, 0.25) is 0 Å². The highest BCUT2D eigenvalue weighted by molar-refractivity contribution is 5.96. The molecule has 0 aliphatic carbocycles. The Morgan fingerprint density at radius 2 is 1.71 bits per heavy atom. The van der Waals surface area contributed by atoms with Gasteiger partial charge in [-0.25, -0.2) is 9.48 Å². The molecule has 4 rings (SSSR count). The highest BCUT2D eigenvalue weighted by Gasteiger charge is 2.14. The molecule has 0 saturated carbocycles. The van der Waals surface area contributed by atoms with Crippen LogP contribution in [0.15, 0.2) is 82.6 Å². The van der Waals surface area contributed by atoms with E-state index in [9.17, 15) is 14.7 Å². The highest BCUT2D eigenvalue weighted by atomic mass is 16.4. The lowest BCUT2D eigenvalue weighted by atomic mass is 9.98. The van der Waals surface area contributed by atoms with Crippen molar-refractivity contribution in [2.75, 3.05) is 0 Å². The summed E-state index contributed by atoms with van der Waals surface area (Å²) < 4.78 is 1.44. The zero-order chi connectivity index (χ0) is 22.0. The van der Waals surface area contributed by atoms with Crippen LogP contribution in [-0.2, 0) is 0 Å². The van der Waals surface area contributed by atoms with Crippen molar-refractivity contribution in [3.8, 4) is 16.8 Å². The quantitative estimate of drug-likeness (QED) is 0.458. The van der Waals surface area contributed by atoms with Crippen molar-refractivity contribution < 1.29 is 9.90 Å². The van der Waals surface area contributed by atoms with Crippen LogP contribution >= 0.6 is 0 Å². The molecule has 0 aliphatic heterocycles. The third kappa shape index (κ3) is 3.96. The van der Waals surface area contributed by atoms with Crippen LogP contribution in [0.2, 0.25) is 0 Å². The van der Waals surface area contributed by atoms with Gasteiger partial charge in [0.05, 0.1) is 22.5 Å². The molecule has 31 heavy (non-hydrogen) atoms. The lowest BCUT2D eigenvalue weighted by Gasteiger charge is -2.08. The zero-order valence-electron chi connectivity index (χ0n) is 17.2. The fourth-order valence-corrected chi connectivity index (χ4v) is 3.49. The maximum Gasteiger partial charge on any atom is 0.337 e. The van der Waals surface area contributed by atoms with E-state index >= 15 is 0 Å². The van der Waals surface area contributed by atoms with Gasteiger partial charge in [0.15, 0.2) is 0 Å². The molecule has 0 bridgehead atoms. The molecule has 0 unspecified atom stereocenters. The van der Waals surface area contributed by atoms with Crippen LogP contribution in [0.4, 0.5) is 5.69 Å². The Hall–Kier alpha value is -4.19. The molecule has 1 aromatic heterocycles. The van der Waals surface area contributed by atoms with Gasteiger partial charge in [-0.3, -0.25) is 14.9 Å². The minimum atomic E-state index is -1.07. The molecule has 0 amide bonds. The fraction of sp³-hybridized carbons (Fsp3) is 0.0800. The summed E-state index contributed by atoms with van der Waals surface area (Å²) in [5, 5.41) is 12.6. The fourth-order valence-electron chi connectivity index (χ4n) is 3.49. The Morgan fingerprint density at radius 1 is 1.00 bits per heavy atom. The first-order valence-electron chi connectivity index (χ1n) is 9.80. The smallest absolute Gasteiger partial charge is 0.337 e. The number of hydrogen-bond donors (Lipinski definition) is 2. The molecule has 154 valence electrons. The van der Waals surface area contributed by atoms with Gasteiger partial charge in [-0.2, -0.15) is 0 Å². The van der Waals surface area contributed by atoms with Crippen molar-refractivity contribution in [1.29, 1.82) is 0 Å². The number of benzene rings is 3. The number of nitrogens with one attached hydrogen (secondary N) is 1. The molecular formula is C25H21N3O3. The van der Waals surface area contributed by atoms with Crippen LogP contribution in [0.5, 0.6) is 0 Å². The van der Waals surface area contributed by atoms with E-state index in [4.69, 9.17) is 0 Å². The molecular weight excluding hydrogens is 390 g/mol. The molecule has 0 saturated heterocycles. The monoisotopic (exact) mass is 411 g/mol. The number of hydrogen-bond acceptors (Lipinski definition) is 3. The number of aromatic nitrogens is 2. The van der Waals surface area contributed by atoms with Gasteiger partial charge in [0.1, 0.15) is 0 Å². The number of carboxylic acids is 1. The van der Waals surface area contributed by atoms with Gasteiger partial charge in [0, 0.05) is 11.9 Å². The summed E-state index contributed by atoms with van der Waals surface area (Å²) in [5.74, 6) is -1.07. The Balaban J connectivity index is 1.78. The summed E-state index contributed by atoms with van der Waals surface area (Å²) in [7, 11) is 0. The van der Waals surface area contributed by atoms with Crippen LogP contribution < -0.4 is 5.56 Å². The molecule has 0 aliphatic rings. The Kier molecular flexibility index (Phi) is 5.37. The van der Waals surface area contributed by atoms with Gasteiger partial charge < -0.3 is 5.11 Å². The van der Waals surface area contributed by atoms with Crippen molar-refractivity contribution in [3.05, 3.63) is 106 Å². The van der Waals surface area contributed by atoms with Crippen LogP contribution in [0.25, 0.3) is 16.8 Å². The minimum absolute atomic E-state index is 0.0742. The van der Waals surface area contributed by atoms with E-state index < -0.39 is 5.97 Å². The van der Waals surface area contributed by atoms with Crippen molar-refractivity contribution in [1.82, 2.24) is 9.78 Å². The number of aromatic carboxylic acids is 1. The standard InChI is InChI=1S/C25H21N3O3/c1-16-8-6-7-11-20(16)18-12-13-21(25(30)31)23(14-18)26-15-22-17(2)27-28(24(22)29)19-9-4-3-5-10-19/h3-15,27H,1-2H3,(H,30,31). The van der Waals surface area contributed by atoms with Gasteiger partial charge >= 0.3 is 5.97 Å². The van der Waals surface area contributed by atoms with E-state index in [0.29, 0.717) is 22.6 Å². The second kappa shape index (κ2) is 8.28. The van der Waals surface area contributed by atoms with Crippen LogP contribution in [0.1, 0.15) is 27.2 Å². The number of aromatic amines is 1. The Morgan fingerprint density at radius 3 is 2.42 bits per heavy atom. The number of rotatable bonds is 5. The Bertz CT molecular complexity index is 1350. The van der Waals surface area contributed by atoms with Crippen LogP contribution in [0.3, 0.4) is 0 Å². The molecule has 3 aromatic carbocycles. The maximum absolute atomic E-state index is 12.9. The van der Waals surface area contributed by atoms with Gasteiger partial charge in [-0.15, -0.1) is 0 Å². The van der Waals surface area contributed by atoms with E-state index in [1.165, 1.54) is 10.9 Å². The number of carbonyl (C=O) groups is 1. The number of carboxylic acid groups (broad SMARTS) is 1. The summed E-state index contributed by atoms with van der Waals surface area (Å²) in [4.78, 5) is 29.0. The van der Waals surface area contributed by atoms with Crippen LogP contribution in [-0.4, -0.2) is 27.1 Å². The average molecular weight is 411 g/mol. The van der Waals surface area contributed by atoms with Gasteiger partial charge in [-0.05, 0) is 54.8 Å². The molecule has 1 heterocycles. The topological polar surface area (TPSA) is 87.4 Å². The zero-order valence-corrected chi connectivity index (χ0v) is 17.2. The number of H-pyrrole nitrogens is 1. The second-order valence-corrected chi connectivity index (χ2v) is 7.24. The SMILES string of the molecule is Cc1ccccc1-c1ccc(C(=O)O)c(N=Cc2c(C)[nH]n(-c3ccccc3)c2=O)c1. The number of para-hydroxylation sites is 1. The third-order valence-corrected chi connectivity index (χ3v) is 5.15. The normalized spacial score (nSPS) is 11.2. The van der Waals surface area contributed by atoms with Gasteiger partial charge in [-0.1, -0.05) is 48.5 Å². The van der Waals surface area contributed by atoms with Crippen molar-refractivity contribution in [3.63, 3.8) is 0 Å². The molecule has 0 radical (unpaired) electrons. The lowest BCUT2D eigenvalue weighted by molar-refractivity contribution is 0.0698. The van der Waals surface area contributed by atoms with Crippen molar-refractivity contribution >= 4 is 17.9 Å². The summed E-state index contributed by atoms with van der Waals surface area (Å²) in [5.41, 5.74) is 4.79. The molecule has 0 atom stereocenters. The maximum atomic E-state index is 12.9. The van der Waals surface area contributed by atoms with E-state index in [2.05, 4.69) is 10.1 Å². The first kappa shape index (κ1) is 20.1. The predicted molar refractivity (Wildman–Crippen MR) is 122 cm³/mol. The largest absolute Gasteiger partial charge is 0.478 e. The Labute approximate surface area is 179 Å². The van der Waals surface area contributed by atoms with Crippen LogP contribution in [0, 0.1) is 13.8 Å². The first-order valence-corrected chi connectivity index (χ1v) is 9.80. The lowest BCUT2D eigenvalue weighted by Crippen LogP contribution is -2.17. The van der Waals surface area contributed by atoms with E-state index in [1.54, 1.807) is 25.1 Å². The van der Waals surface area contributed by atoms with Gasteiger partial charge in [0.25, 0.3) is 5.56 Å². The average Bonchev–Trinajstić information content (AvgIpc) is 3.06. The molecule has 6 nitrogen and oxygen atoms in total. The summed E-state index contributed by atoms with van der Waals surface area (Å²) in [6.07, 6.45) is 1.43. The summed E-state index contributed by atoms with van der Waals surface area (Å²) >= 11 is 0. The molecule has 6 heteroatoms. The minimum Gasteiger partial charge on any atom is -0.478 e. The van der Waals surface area contributed by atoms with Crippen molar-refractivity contribution in [2.24, 2.45) is 4.99 Å². The summed E-state index contributed by atoms with van der Waals surface area (Å²) in [6, 6.07) is 22.1. The first-order chi connectivity index (χ1) is 15.0. The molecule has 0 spiro atoms. The number of nitrogens with zero attached hydrogens (tertiary/aromatic N) is 2.